The number of nitro benzene ring substituents is 1. The van der Waals surface area contributed by atoms with Gasteiger partial charge in [-0.15, -0.1) is 0 Å². The normalized spacial score (nSPS) is 19.5. The van der Waals surface area contributed by atoms with Gasteiger partial charge >= 0.3 is 0 Å². The lowest BCUT2D eigenvalue weighted by Gasteiger charge is -2.42. The fraction of sp³-hybridized carbons (Fsp3) is 0.154. The number of non-ortho nitro benzene ring substituents is 1. The van der Waals surface area contributed by atoms with Crippen molar-refractivity contribution in [3.8, 4) is 5.75 Å². The van der Waals surface area contributed by atoms with Crippen LogP contribution in [0.5, 0.6) is 5.75 Å². The molecular formula is C26H23N3O5. The summed E-state index contributed by atoms with van der Waals surface area (Å²) >= 11 is 0. The summed E-state index contributed by atoms with van der Waals surface area (Å²) in [5.74, 6) is -0.874. The average molecular weight is 457 g/mol. The van der Waals surface area contributed by atoms with Crippen LogP contribution in [0.2, 0.25) is 0 Å². The number of benzene rings is 3. The molecule has 34 heavy (non-hydrogen) atoms. The maximum absolute atomic E-state index is 13.9. The smallest absolute Gasteiger partial charge is 0.269 e. The molecule has 0 fully saturated rings. The predicted molar refractivity (Wildman–Crippen MR) is 128 cm³/mol. The van der Waals surface area contributed by atoms with E-state index in [9.17, 15) is 19.7 Å². The number of methoxy groups -OCH3 is 1. The first-order chi connectivity index (χ1) is 16.3. The Kier molecular flexibility index (Phi) is 6.14. The molecule has 0 aliphatic carbocycles. The molecule has 3 aromatic carbocycles. The second-order valence-electron chi connectivity index (χ2n) is 8.07. The van der Waals surface area contributed by atoms with E-state index in [1.165, 1.54) is 24.1 Å². The standard InChI is InChI=1S/C26H23N3O5/c1-26(27-24(30)18-8-4-3-5-9-18)23(19-10-6-12-21(16-19)29(32)33)14-15-28(25(26)31)20-11-7-13-22(17-20)34-2/h3-17,23H,1-2H3,(H,27,30)/t23-,26-/m0/s1. The lowest BCUT2D eigenvalue weighted by atomic mass is 9.77. The first kappa shape index (κ1) is 22.7. The van der Waals surface area contributed by atoms with Crippen LogP contribution >= 0.6 is 0 Å². The van der Waals surface area contributed by atoms with E-state index in [1.54, 1.807) is 85.9 Å². The summed E-state index contributed by atoms with van der Waals surface area (Å²) in [6.45, 7) is 1.64. The molecule has 8 heteroatoms. The molecule has 0 bridgehead atoms. The molecule has 0 saturated heterocycles. The van der Waals surface area contributed by atoms with Gasteiger partial charge < -0.3 is 10.1 Å². The SMILES string of the molecule is COc1cccc(N2C=C[C@@H](c3cccc([N+](=O)[O-])c3)[C@](C)(NC(=O)c3ccccc3)C2=O)c1. The molecule has 3 aromatic rings. The molecular weight excluding hydrogens is 434 g/mol. The van der Waals surface area contributed by atoms with Gasteiger partial charge in [0, 0.05) is 35.9 Å². The third-order valence-electron chi connectivity index (χ3n) is 5.89. The van der Waals surface area contributed by atoms with Gasteiger partial charge in [0.15, 0.2) is 0 Å². The van der Waals surface area contributed by atoms with Crippen molar-refractivity contribution in [2.75, 3.05) is 12.0 Å². The Morgan fingerprint density at radius 2 is 1.79 bits per heavy atom. The second-order valence-corrected chi connectivity index (χ2v) is 8.07. The van der Waals surface area contributed by atoms with Crippen LogP contribution in [-0.2, 0) is 4.79 Å². The van der Waals surface area contributed by atoms with Crippen LogP contribution in [0.4, 0.5) is 11.4 Å². The fourth-order valence-corrected chi connectivity index (χ4v) is 4.08. The van der Waals surface area contributed by atoms with Gasteiger partial charge in [-0.3, -0.25) is 24.6 Å². The molecule has 0 saturated carbocycles. The van der Waals surface area contributed by atoms with Gasteiger partial charge in [0.25, 0.3) is 17.5 Å². The number of anilines is 1. The number of rotatable bonds is 6. The van der Waals surface area contributed by atoms with Gasteiger partial charge in [0.2, 0.25) is 0 Å². The molecule has 1 aliphatic rings. The minimum Gasteiger partial charge on any atom is -0.497 e. The third-order valence-corrected chi connectivity index (χ3v) is 5.89. The van der Waals surface area contributed by atoms with E-state index in [0.29, 0.717) is 22.6 Å². The summed E-state index contributed by atoms with van der Waals surface area (Å²) in [7, 11) is 1.54. The van der Waals surface area contributed by atoms with Crippen molar-refractivity contribution in [3.63, 3.8) is 0 Å². The largest absolute Gasteiger partial charge is 0.497 e. The monoisotopic (exact) mass is 457 g/mol. The van der Waals surface area contributed by atoms with E-state index in [-0.39, 0.29) is 11.6 Å². The lowest BCUT2D eigenvalue weighted by Crippen LogP contribution is -2.61. The van der Waals surface area contributed by atoms with E-state index >= 15 is 0 Å². The summed E-state index contributed by atoms with van der Waals surface area (Å²) in [6.07, 6.45) is 3.39. The predicted octanol–water partition coefficient (Wildman–Crippen LogP) is 4.44. The Morgan fingerprint density at radius 3 is 2.50 bits per heavy atom. The maximum Gasteiger partial charge on any atom is 0.269 e. The van der Waals surface area contributed by atoms with Gasteiger partial charge in [-0.25, -0.2) is 0 Å². The van der Waals surface area contributed by atoms with Crippen LogP contribution in [0.1, 0.15) is 28.8 Å². The molecule has 0 spiro atoms. The summed E-state index contributed by atoms with van der Waals surface area (Å²) in [5.41, 5.74) is -0.0136. The Labute approximate surface area is 196 Å². The van der Waals surface area contributed by atoms with Gasteiger partial charge in [-0.05, 0) is 36.8 Å². The number of carbonyl (C=O) groups excluding carboxylic acids is 2. The zero-order valence-electron chi connectivity index (χ0n) is 18.7. The minimum atomic E-state index is -1.43. The van der Waals surface area contributed by atoms with Gasteiger partial charge in [-0.2, -0.15) is 0 Å². The zero-order chi connectivity index (χ0) is 24.3. The fourth-order valence-electron chi connectivity index (χ4n) is 4.08. The Balaban J connectivity index is 1.80. The van der Waals surface area contributed by atoms with Crippen molar-refractivity contribution >= 4 is 23.2 Å². The zero-order valence-corrected chi connectivity index (χ0v) is 18.7. The second kappa shape index (κ2) is 9.19. The number of nitrogens with zero attached hydrogens (tertiary/aromatic N) is 2. The summed E-state index contributed by atoms with van der Waals surface area (Å²) < 4.78 is 5.29. The topological polar surface area (TPSA) is 102 Å². The number of nitrogens with one attached hydrogen (secondary N) is 1. The number of ether oxygens (including phenoxy) is 1. The highest BCUT2D eigenvalue weighted by Gasteiger charge is 2.47. The minimum absolute atomic E-state index is 0.0923. The number of hydrogen-bond acceptors (Lipinski definition) is 5. The van der Waals surface area contributed by atoms with Crippen LogP contribution in [-0.4, -0.2) is 29.4 Å². The number of hydrogen-bond donors (Lipinski definition) is 1. The molecule has 2 amide bonds. The van der Waals surface area contributed by atoms with Gasteiger partial charge in [-0.1, -0.05) is 42.5 Å². The number of carbonyl (C=O) groups is 2. The van der Waals surface area contributed by atoms with E-state index in [1.807, 2.05) is 0 Å². The highest BCUT2D eigenvalue weighted by Crippen LogP contribution is 2.38. The van der Waals surface area contributed by atoms with Crippen molar-refractivity contribution < 1.29 is 19.2 Å². The average Bonchev–Trinajstić information content (AvgIpc) is 2.86. The lowest BCUT2D eigenvalue weighted by molar-refractivity contribution is -0.384. The first-order valence-electron chi connectivity index (χ1n) is 10.6. The Morgan fingerprint density at radius 1 is 1.06 bits per heavy atom. The van der Waals surface area contributed by atoms with Crippen molar-refractivity contribution in [2.24, 2.45) is 0 Å². The van der Waals surface area contributed by atoms with Crippen LogP contribution in [0.3, 0.4) is 0 Å². The summed E-state index contributed by atoms with van der Waals surface area (Å²) in [6, 6.07) is 21.7. The highest BCUT2D eigenvalue weighted by atomic mass is 16.6. The van der Waals surface area contributed by atoms with Gasteiger partial charge in [0.05, 0.1) is 17.7 Å². The molecule has 0 unspecified atom stereocenters. The quantitative estimate of drug-likeness (QED) is 0.436. The van der Waals surface area contributed by atoms with E-state index in [0.717, 1.165) is 0 Å². The molecule has 1 N–H and O–H groups in total. The Bertz CT molecular complexity index is 1270. The molecule has 0 aromatic heterocycles. The molecule has 8 nitrogen and oxygen atoms in total. The van der Waals surface area contributed by atoms with E-state index < -0.39 is 22.3 Å². The maximum atomic E-state index is 13.9. The molecule has 4 rings (SSSR count). The van der Waals surface area contributed by atoms with Crippen LogP contribution in [0.25, 0.3) is 0 Å². The number of nitro groups is 1. The molecule has 0 radical (unpaired) electrons. The molecule has 2 atom stereocenters. The van der Waals surface area contributed by atoms with Crippen molar-refractivity contribution in [3.05, 3.63) is 112 Å². The van der Waals surface area contributed by atoms with Crippen molar-refractivity contribution in [2.45, 2.75) is 18.4 Å². The summed E-state index contributed by atoms with van der Waals surface area (Å²) in [4.78, 5) is 39.3. The molecule has 1 heterocycles. The van der Waals surface area contributed by atoms with Crippen LogP contribution < -0.4 is 15.0 Å². The summed E-state index contributed by atoms with van der Waals surface area (Å²) in [5, 5.41) is 14.3. The van der Waals surface area contributed by atoms with E-state index in [2.05, 4.69) is 5.32 Å². The Hall–Kier alpha value is -4.46. The van der Waals surface area contributed by atoms with Gasteiger partial charge in [0.1, 0.15) is 11.3 Å². The number of amides is 2. The van der Waals surface area contributed by atoms with Crippen LogP contribution in [0.15, 0.2) is 91.1 Å². The van der Waals surface area contributed by atoms with E-state index in [4.69, 9.17) is 4.74 Å². The highest BCUT2D eigenvalue weighted by molar-refractivity contribution is 6.07. The molecule has 1 aliphatic heterocycles. The first-order valence-corrected chi connectivity index (χ1v) is 10.6. The van der Waals surface area contributed by atoms with Crippen LogP contribution in [0, 0.1) is 10.1 Å². The third kappa shape index (κ3) is 4.25. The van der Waals surface area contributed by atoms with Crippen molar-refractivity contribution in [1.82, 2.24) is 5.32 Å². The molecule has 172 valence electrons. The van der Waals surface area contributed by atoms with Crippen molar-refractivity contribution in [1.29, 1.82) is 0 Å².